The van der Waals surface area contributed by atoms with E-state index in [2.05, 4.69) is 179 Å². The summed E-state index contributed by atoms with van der Waals surface area (Å²) >= 11 is 0. The van der Waals surface area contributed by atoms with E-state index < -0.39 is 0 Å². The molecule has 0 saturated carbocycles. The summed E-state index contributed by atoms with van der Waals surface area (Å²) in [5.41, 5.74) is 14.0. The summed E-state index contributed by atoms with van der Waals surface area (Å²) in [6.45, 7) is 0. The molecule has 0 unspecified atom stereocenters. The Balaban J connectivity index is 1.11. The van der Waals surface area contributed by atoms with Crippen LogP contribution in [0.3, 0.4) is 0 Å². The van der Waals surface area contributed by atoms with Crippen LogP contribution in [0, 0.1) is 11.3 Å². The number of hydrogen-bond acceptors (Lipinski definition) is 3. The van der Waals surface area contributed by atoms with Crippen molar-refractivity contribution in [2.75, 3.05) is 0 Å². The summed E-state index contributed by atoms with van der Waals surface area (Å²) in [5.74, 6) is 0.562. The molecule has 8 aromatic carbocycles. The van der Waals surface area contributed by atoms with Crippen LogP contribution in [-0.2, 0) is 0 Å². The maximum atomic E-state index is 9.80. The first-order valence-corrected chi connectivity index (χ1v) is 19.4. The van der Waals surface area contributed by atoms with E-state index in [9.17, 15) is 5.26 Å². The normalized spacial score (nSPS) is 11.4. The van der Waals surface area contributed by atoms with Crippen LogP contribution in [0.5, 0.6) is 0 Å². The highest BCUT2D eigenvalue weighted by Crippen LogP contribution is 2.38. The molecule has 5 nitrogen and oxygen atoms in total. The van der Waals surface area contributed by atoms with Crippen LogP contribution >= 0.6 is 0 Å². The number of fused-ring (bicyclic) bond motifs is 6. The molecular weight excluding hydrogens is 707 g/mol. The Morgan fingerprint density at radius 2 is 0.879 bits per heavy atom. The third kappa shape index (κ3) is 5.55. The summed E-state index contributed by atoms with van der Waals surface area (Å²) in [5, 5.41) is 14.5. The lowest BCUT2D eigenvalue weighted by atomic mass is 10.0. The zero-order valence-electron chi connectivity index (χ0n) is 31.3. The van der Waals surface area contributed by atoms with Gasteiger partial charge in [-0.1, -0.05) is 140 Å². The molecule has 0 saturated heterocycles. The molecule has 0 amide bonds. The highest BCUT2D eigenvalue weighted by Gasteiger charge is 2.19. The Labute approximate surface area is 335 Å². The van der Waals surface area contributed by atoms with Crippen molar-refractivity contribution in [3.8, 4) is 62.5 Å². The highest BCUT2D eigenvalue weighted by atomic mass is 15.2. The Kier molecular flexibility index (Phi) is 7.80. The van der Waals surface area contributed by atoms with E-state index in [1.54, 1.807) is 0 Å². The number of rotatable bonds is 6. The van der Waals surface area contributed by atoms with Crippen molar-refractivity contribution < 1.29 is 0 Å². The maximum Gasteiger partial charge on any atom is 0.235 e. The van der Waals surface area contributed by atoms with Crippen LogP contribution < -0.4 is 0 Å². The molecule has 11 aromatic rings. The molecule has 0 aliphatic heterocycles. The molecular formula is C53H33N5. The van der Waals surface area contributed by atoms with Crippen LogP contribution in [0.2, 0.25) is 0 Å². The third-order valence-corrected chi connectivity index (χ3v) is 11.2. The smallest absolute Gasteiger partial charge is 0.235 e. The molecule has 0 aliphatic carbocycles. The molecule has 3 aromatic heterocycles. The average Bonchev–Trinajstić information content (AvgIpc) is 3.82. The highest BCUT2D eigenvalue weighted by molar-refractivity contribution is 6.12. The topological polar surface area (TPSA) is 59.4 Å². The van der Waals surface area contributed by atoms with Crippen molar-refractivity contribution in [3.05, 3.63) is 206 Å². The van der Waals surface area contributed by atoms with Crippen molar-refractivity contribution in [1.82, 2.24) is 19.1 Å². The van der Waals surface area contributed by atoms with Gasteiger partial charge in [-0.25, -0.2) is 9.97 Å². The van der Waals surface area contributed by atoms with Crippen LogP contribution in [0.1, 0.15) is 5.56 Å². The minimum atomic E-state index is 0.562. The third-order valence-electron chi connectivity index (χ3n) is 11.2. The first kappa shape index (κ1) is 33.3. The molecule has 0 bridgehead atoms. The van der Waals surface area contributed by atoms with Crippen LogP contribution in [-0.4, -0.2) is 19.1 Å². The summed E-state index contributed by atoms with van der Waals surface area (Å²) in [6.07, 6.45) is 0. The zero-order chi connectivity index (χ0) is 38.6. The number of nitriles is 1. The maximum absolute atomic E-state index is 9.80. The van der Waals surface area contributed by atoms with Crippen molar-refractivity contribution in [2.45, 2.75) is 0 Å². The van der Waals surface area contributed by atoms with Crippen molar-refractivity contribution in [1.29, 1.82) is 5.26 Å². The molecule has 3 heterocycles. The van der Waals surface area contributed by atoms with Gasteiger partial charge in [0.25, 0.3) is 0 Å². The van der Waals surface area contributed by atoms with E-state index in [1.165, 1.54) is 21.8 Å². The van der Waals surface area contributed by atoms with Gasteiger partial charge in [-0.2, -0.15) is 5.26 Å². The molecule has 11 rings (SSSR count). The minimum Gasteiger partial charge on any atom is -0.309 e. The van der Waals surface area contributed by atoms with Crippen molar-refractivity contribution in [3.63, 3.8) is 0 Å². The summed E-state index contributed by atoms with van der Waals surface area (Å²) in [4.78, 5) is 10.6. The Morgan fingerprint density at radius 3 is 1.64 bits per heavy atom. The van der Waals surface area contributed by atoms with Gasteiger partial charge in [-0.15, -0.1) is 0 Å². The van der Waals surface area contributed by atoms with E-state index in [0.29, 0.717) is 11.5 Å². The van der Waals surface area contributed by atoms with Crippen LogP contribution in [0.25, 0.3) is 100 Å². The quantitative estimate of drug-likeness (QED) is 0.171. The van der Waals surface area contributed by atoms with Crippen molar-refractivity contribution >= 4 is 43.6 Å². The van der Waals surface area contributed by atoms with Gasteiger partial charge in [0.1, 0.15) is 0 Å². The number of aromatic nitrogens is 4. The molecule has 5 heteroatoms. The Morgan fingerprint density at radius 1 is 0.345 bits per heavy atom. The van der Waals surface area contributed by atoms with Gasteiger partial charge in [0, 0.05) is 38.4 Å². The molecule has 0 N–H and O–H groups in total. The fourth-order valence-electron chi connectivity index (χ4n) is 8.42. The van der Waals surface area contributed by atoms with E-state index in [1.807, 2.05) is 36.4 Å². The number of hydrogen-bond donors (Lipinski definition) is 0. The summed E-state index contributed by atoms with van der Waals surface area (Å²) in [7, 11) is 0. The molecule has 0 aliphatic rings. The monoisotopic (exact) mass is 739 g/mol. The molecule has 0 spiro atoms. The molecule has 0 fully saturated rings. The fourth-order valence-corrected chi connectivity index (χ4v) is 8.42. The minimum absolute atomic E-state index is 0.562. The second-order valence-electron chi connectivity index (χ2n) is 14.6. The van der Waals surface area contributed by atoms with Gasteiger partial charge in [0.2, 0.25) is 5.95 Å². The largest absolute Gasteiger partial charge is 0.309 e. The van der Waals surface area contributed by atoms with Crippen LogP contribution in [0.4, 0.5) is 0 Å². The standard InChI is InChI=1S/C53H33N5/c54-34-35-12-11-15-41(30-35)48-33-47(38-24-22-37(23-25-38)36-13-3-1-4-14-36)55-53(56-48)58-50-21-10-7-18-43(50)45-28-26-40(32-52(45)58)39-27-29-51-46(31-39)44-19-8-9-20-49(44)57(51)42-16-5-2-6-17-42/h1-33H. The number of benzene rings is 8. The molecule has 58 heavy (non-hydrogen) atoms. The molecule has 270 valence electrons. The zero-order valence-corrected chi connectivity index (χ0v) is 31.3. The van der Waals surface area contributed by atoms with Gasteiger partial charge in [-0.3, -0.25) is 4.57 Å². The lowest BCUT2D eigenvalue weighted by Crippen LogP contribution is -2.04. The van der Waals surface area contributed by atoms with E-state index in [-0.39, 0.29) is 0 Å². The van der Waals surface area contributed by atoms with Crippen molar-refractivity contribution in [2.24, 2.45) is 0 Å². The predicted molar refractivity (Wildman–Crippen MR) is 237 cm³/mol. The van der Waals surface area contributed by atoms with Gasteiger partial charge < -0.3 is 4.57 Å². The Hall–Kier alpha value is -8.07. The molecule has 0 atom stereocenters. The molecule has 0 radical (unpaired) electrons. The van der Waals surface area contributed by atoms with Gasteiger partial charge >= 0.3 is 0 Å². The van der Waals surface area contributed by atoms with E-state index in [0.717, 1.165) is 72.3 Å². The lowest BCUT2D eigenvalue weighted by Gasteiger charge is -2.13. The van der Waals surface area contributed by atoms with Gasteiger partial charge in [0.15, 0.2) is 0 Å². The van der Waals surface area contributed by atoms with E-state index in [4.69, 9.17) is 9.97 Å². The van der Waals surface area contributed by atoms with Gasteiger partial charge in [-0.05, 0) is 82.9 Å². The first-order chi connectivity index (χ1) is 28.7. The number of para-hydroxylation sites is 3. The summed E-state index contributed by atoms with van der Waals surface area (Å²) < 4.78 is 4.53. The lowest BCUT2D eigenvalue weighted by molar-refractivity contribution is 0.995. The summed E-state index contributed by atoms with van der Waals surface area (Å²) in [6, 6.07) is 72.0. The number of nitrogens with zero attached hydrogens (tertiary/aromatic N) is 5. The second kappa shape index (κ2) is 13.6. The SMILES string of the molecule is N#Cc1cccc(-c2cc(-c3ccc(-c4ccccc4)cc3)nc(-n3c4ccccc4c4ccc(-c5ccc6c(c5)c5ccccc5n6-c5ccccc5)cc43)n2)c1. The fraction of sp³-hybridized carbons (Fsp3) is 0. The van der Waals surface area contributed by atoms with Gasteiger partial charge in [0.05, 0.1) is 45.1 Å². The first-order valence-electron chi connectivity index (χ1n) is 19.4. The average molecular weight is 740 g/mol. The predicted octanol–water partition coefficient (Wildman–Crippen LogP) is 13.2. The Bertz CT molecular complexity index is 3390. The van der Waals surface area contributed by atoms with Crippen LogP contribution in [0.15, 0.2) is 200 Å². The van der Waals surface area contributed by atoms with E-state index >= 15 is 0 Å². The second-order valence-corrected chi connectivity index (χ2v) is 14.6.